The van der Waals surface area contributed by atoms with Crippen LogP contribution in [0.1, 0.15) is 43.4 Å². The van der Waals surface area contributed by atoms with E-state index in [1.165, 1.54) is 30.3 Å². The Morgan fingerprint density at radius 3 is 2.41 bits per heavy atom. The molecule has 3 aromatic carbocycles. The number of benzene rings is 3. The van der Waals surface area contributed by atoms with E-state index in [2.05, 4.69) is 0 Å². The summed E-state index contributed by atoms with van der Waals surface area (Å²) in [4.78, 5) is 26.1. The Morgan fingerprint density at radius 1 is 1.09 bits per heavy atom. The molecule has 1 aliphatic heterocycles. The third-order valence-electron chi connectivity index (χ3n) is 6.45. The van der Waals surface area contributed by atoms with E-state index >= 15 is 0 Å². The van der Waals surface area contributed by atoms with E-state index in [0.29, 0.717) is 36.1 Å². The molecule has 2 atom stereocenters. The molecule has 1 aliphatic rings. The summed E-state index contributed by atoms with van der Waals surface area (Å²) in [6.45, 7) is 2.18. The minimum atomic E-state index is -0.943. The van der Waals surface area contributed by atoms with Gasteiger partial charge in [-0.2, -0.15) is 0 Å². The highest BCUT2D eigenvalue weighted by atomic mass is 19.1. The fourth-order valence-corrected chi connectivity index (χ4v) is 4.45. The van der Waals surface area contributed by atoms with Crippen molar-refractivity contribution in [2.45, 2.75) is 37.8 Å². The summed E-state index contributed by atoms with van der Waals surface area (Å²) in [6, 6.07) is 19.3. The predicted octanol–water partition coefficient (Wildman–Crippen LogP) is 5.70. The molecule has 7 heteroatoms. The van der Waals surface area contributed by atoms with Gasteiger partial charge in [0.25, 0.3) is 0 Å². The largest absolute Gasteiger partial charge is 0.438 e. The molecular formula is C27H26F2N2O3. The lowest BCUT2D eigenvalue weighted by molar-refractivity contribution is -0.121. The molecule has 0 unspecified atom stereocenters. The Bertz CT molecular complexity index is 1180. The van der Waals surface area contributed by atoms with Gasteiger partial charge < -0.3 is 15.4 Å². The molecule has 1 heterocycles. The maximum absolute atomic E-state index is 14.9. The number of amides is 2. The van der Waals surface area contributed by atoms with Crippen LogP contribution in [0.3, 0.4) is 0 Å². The number of nitrogens with two attached hydrogens (primary N) is 1. The van der Waals surface area contributed by atoms with E-state index in [9.17, 15) is 18.4 Å². The molecule has 1 fully saturated rings. The second kappa shape index (κ2) is 9.63. The number of ether oxygens (including phenoxy) is 1. The maximum Gasteiger partial charge on any atom is 0.411 e. The van der Waals surface area contributed by atoms with E-state index < -0.39 is 29.5 Å². The van der Waals surface area contributed by atoms with Crippen LogP contribution < -0.4 is 5.73 Å². The van der Waals surface area contributed by atoms with Gasteiger partial charge in [-0.05, 0) is 41.8 Å². The fraction of sp³-hybridized carbons (Fsp3) is 0.259. The minimum Gasteiger partial charge on any atom is -0.438 e. The van der Waals surface area contributed by atoms with Crippen LogP contribution >= 0.6 is 0 Å². The summed E-state index contributed by atoms with van der Waals surface area (Å²) in [6.07, 6.45) is 0.320. The quantitative estimate of drug-likeness (QED) is 0.488. The van der Waals surface area contributed by atoms with Crippen LogP contribution in [0.15, 0.2) is 72.8 Å². The van der Waals surface area contributed by atoms with Crippen molar-refractivity contribution in [1.29, 1.82) is 0 Å². The Labute approximate surface area is 197 Å². The van der Waals surface area contributed by atoms with Crippen molar-refractivity contribution in [3.8, 4) is 11.1 Å². The molecule has 0 spiro atoms. The second-order valence-electron chi connectivity index (χ2n) is 8.56. The first-order chi connectivity index (χ1) is 16.3. The van der Waals surface area contributed by atoms with Crippen molar-refractivity contribution >= 4 is 12.0 Å². The molecule has 0 aromatic heterocycles. The lowest BCUT2D eigenvalue weighted by atomic mass is 9.84. The number of hydrogen-bond acceptors (Lipinski definition) is 3. The summed E-state index contributed by atoms with van der Waals surface area (Å²) in [5.41, 5.74) is 6.77. The van der Waals surface area contributed by atoms with Gasteiger partial charge in [-0.3, -0.25) is 4.79 Å². The van der Waals surface area contributed by atoms with Crippen molar-refractivity contribution < 1.29 is 23.1 Å². The van der Waals surface area contributed by atoms with Crippen LogP contribution in [0.2, 0.25) is 0 Å². The number of cyclic esters (lactones) is 1. The molecule has 3 aromatic rings. The van der Waals surface area contributed by atoms with Gasteiger partial charge in [0.15, 0.2) is 0 Å². The van der Waals surface area contributed by atoms with Crippen LogP contribution in [-0.4, -0.2) is 23.4 Å². The molecular weight excluding hydrogens is 438 g/mol. The van der Waals surface area contributed by atoms with Crippen LogP contribution in [0, 0.1) is 11.6 Å². The van der Waals surface area contributed by atoms with Gasteiger partial charge in [-0.1, -0.05) is 54.6 Å². The Morgan fingerprint density at radius 2 is 1.79 bits per heavy atom. The Balaban J connectivity index is 1.54. The number of halogens is 2. The van der Waals surface area contributed by atoms with Crippen LogP contribution in [-0.2, 0) is 15.1 Å². The van der Waals surface area contributed by atoms with Crippen LogP contribution in [0.5, 0.6) is 0 Å². The molecule has 0 bridgehead atoms. The monoisotopic (exact) mass is 464 g/mol. The van der Waals surface area contributed by atoms with E-state index in [-0.39, 0.29) is 12.2 Å². The van der Waals surface area contributed by atoms with Crippen LogP contribution in [0.25, 0.3) is 11.1 Å². The van der Waals surface area contributed by atoms with Gasteiger partial charge in [0.1, 0.15) is 17.2 Å². The van der Waals surface area contributed by atoms with E-state index in [1.54, 1.807) is 17.0 Å². The van der Waals surface area contributed by atoms with Crippen molar-refractivity contribution in [3.05, 3.63) is 95.6 Å². The second-order valence-corrected chi connectivity index (χ2v) is 8.56. The first kappa shape index (κ1) is 23.4. The van der Waals surface area contributed by atoms with E-state index in [1.807, 2.05) is 37.3 Å². The van der Waals surface area contributed by atoms with E-state index in [0.717, 1.165) is 5.56 Å². The lowest BCUT2D eigenvalue weighted by Crippen LogP contribution is -2.49. The van der Waals surface area contributed by atoms with Gasteiger partial charge in [-0.15, -0.1) is 0 Å². The van der Waals surface area contributed by atoms with E-state index in [4.69, 9.17) is 10.5 Å². The van der Waals surface area contributed by atoms with Gasteiger partial charge >= 0.3 is 6.09 Å². The average molecular weight is 465 g/mol. The third kappa shape index (κ3) is 4.78. The summed E-state index contributed by atoms with van der Waals surface area (Å²) >= 11 is 0. The number of carbonyl (C=O) groups is 2. The standard InChI is InChI=1S/C27H26F2N2O3/c1-18(20-9-12-23(24(29)17-20)19-7-10-22(28)11-8-19)31-16-15-27(34-26(31)33,14-13-25(30)32)21-5-3-2-4-6-21/h2-12,17-18H,13-16H2,1H3,(H2,30,32)/t18-,27-/m0/s1. The van der Waals surface area contributed by atoms with Gasteiger partial charge in [0, 0.05) is 31.4 Å². The molecule has 4 rings (SSSR count). The van der Waals surface area contributed by atoms with Crippen molar-refractivity contribution in [2.75, 3.05) is 6.54 Å². The normalized spacial score (nSPS) is 18.9. The molecule has 2 amide bonds. The fourth-order valence-electron chi connectivity index (χ4n) is 4.45. The first-order valence-electron chi connectivity index (χ1n) is 11.2. The maximum atomic E-state index is 14.9. The van der Waals surface area contributed by atoms with Gasteiger partial charge in [-0.25, -0.2) is 13.6 Å². The van der Waals surface area contributed by atoms with Gasteiger partial charge in [0.05, 0.1) is 6.04 Å². The molecule has 176 valence electrons. The predicted molar refractivity (Wildman–Crippen MR) is 125 cm³/mol. The SMILES string of the molecule is C[C@@H](c1ccc(-c2ccc(F)cc2)c(F)c1)N1CC[C@@](CCC(N)=O)(c2ccccc2)OC1=O. The zero-order valence-electron chi connectivity index (χ0n) is 18.8. The zero-order chi connectivity index (χ0) is 24.3. The molecule has 5 nitrogen and oxygen atoms in total. The summed E-state index contributed by atoms with van der Waals surface area (Å²) in [7, 11) is 0. The highest BCUT2D eigenvalue weighted by Gasteiger charge is 2.43. The van der Waals surface area contributed by atoms with Crippen molar-refractivity contribution in [1.82, 2.24) is 4.90 Å². The molecule has 0 aliphatic carbocycles. The zero-order valence-corrected chi connectivity index (χ0v) is 18.8. The van der Waals surface area contributed by atoms with Gasteiger partial charge in [0.2, 0.25) is 5.91 Å². The summed E-state index contributed by atoms with van der Waals surface area (Å²) in [5.74, 6) is -1.30. The smallest absolute Gasteiger partial charge is 0.411 e. The Hall–Kier alpha value is -3.74. The lowest BCUT2D eigenvalue weighted by Gasteiger charge is -2.43. The topological polar surface area (TPSA) is 72.6 Å². The number of nitrogens with zero attached hydrogens (tertiary/aromatic N) is 1. The molecule has 2 N–H and O–H groups in total. The summed E-state index contributed by atoms with van der Waals surface area (Å²) < 4.78 is 34.1. The number of primary amides is 1. The third-order valence-corrected chi connectivity index (χ3v) is 6.45. The average Bonchev–Trinajstić information content (AvgIpc) is 2.83. The molecule has 34 heavy (non-hydrogen) atoms. The number of rotatable bonds is 7. The van der Waals surface area contributed by atoms with Crippen molar-refractivity contribution in [3.63, 3.8) is 0 Å². The number of carbonyl (C=O) groups excluding carboxylic acids is 2. The minimum absolute atomic E-state index is 0.0911. The highest BCUT2D eigenvalue weighted by Crippen LogP contribution is 2.40. The molecule has 0 radical (unpaired) electrons. The van der Waals surface area contributed by atoms with Crippen LogP contribution in [0.4, 0.5) is 13.6 Å². The Kier molecular flexibility index (Phi) is 6.63. The first-order valence-corrected chi connectivity index (χ1v) is 11.2. The molecule has 1 saturated heterocycles. The highest BCUT2D eigenvalue weighted by molar-refractivity contribution is 5.74. The summed E-state index contributed by atoms with van der Waals surface area (Å²) in [5, 5.41) is 0. The van der Waals surface area contributed by atoms with Crippen molar-refractivity contribution in [2.24, 2.45) is 5.73 Å². The number of hydrogen-bond donors (Lipinski definition) is 1. The molecule has 0 saturated carbocycles.